The summed E-state index contributed by atoms with van der Waals surface area (Å²) in [6.45, 7) is 0.373. The molecule has 1 N–H and O–H groups in total. The molecule has 2 aromatic rings. The third-order valence-corrected chi connectivity index (χ3v) is 4.27. The second-order valence-electron chi connectivity index (χ2n) is 6.28. The third kappa shape index (κ3) is 5.21. The van der Waals surface area contributed by atoms with Crippen LogP contribution < -0.4 is 9.47 Å². The molecule has 0 radical (unpaired) electrons. The highest BCUT2D eigenvalue weighted by molar-refractivity contribution is 5.66. The van der Waals surface area contributed by atoms with Gasteiger partial charge in [0.1, 0.15) is 11.5 Å². The van der Waals surface area contributed by atoms with Crippen molar-refractivity contribution in [3.05, 3.63) is 42.6 Å². The molecular formula is C20H23NO4. The van der Waals surface area contributed by atoms with Crippen molar-refractivity contribution in [1.82, 2.24) is 4.98 Å². The normalized spacial score (nSPS) is 14.4. The predicted octanol–water partition coefficient (Wildman–Crippen LogP) is 4.31. The number of carboxylic acids is 1. The van der Waals surface area contributed by atoms with Gasteiger partial charge in [0.05, 0.1) is 24.6 Å². The Balaban J connectivity index is 1.58. The van der Waals surface area contributed by atoms with E-state index in [9.17, 15) is 4.79 Å². The number of nitrogens with zero attached hydrogens (tertiary/aromatic N) is 1. The largest absolute Gasteiger partial charge is 0.492 e. The van der Waals surface area contributed by atoms with E-state index in [2.05, 4.69) is 4.98 Å². The minimum Gasteiger partial charge on any atom is -0.492 e. The number of pyridine rings is 1. The fourth-order valence-corrected chi connectivity index (χ4v) is 2.98. The summed E-state index contributed by atoms with van der Waals surface area (Å²) in [5.41, 5.74) is 1.86. The first kappa shape index (κ1) is 17.3. The van der Waals surface area contributed by atoms with Crippen molar-refractivity contribution in [2.24, 2.45) is 0 Å². The molecule has 1 saturated carbocycles. The van der Waals surface area contributed by atoms with E-state index in [4.69, 9.17) is 14.6 Å². The Bertz CT molecular complexity index is 693. The SMILES string of the molecule is O=C(O)CCCOc1ccc(-c2cccc(OC3CCCC3)c2)nc1. The van der Waals surface area contributed by atoms with Gasteiger partial charge >= 0.3 is 5.97 Å². The molecule has 25 heavy (non-hydrogen) atoms. The van der Waals surface area contributed by atoms with Crippen LogP contribution in [0.25, 0.3) is 11.3 Å². The summed E-state index contributed by atoms with van der Waals surface area (Å²) in [7, 11) is 0. The first-order valence-corrected chi connectivity index (χ1v) is 8.78. The van der Waals surface area contributed by atoms with E-state index < -0.39 is 5.97 Å². The Labute approximate surface area is 147 Å². The summed E-state index contributed by atoms with van der Waals surface area (Å²) in [6.07, 6.45) is 7.37. The lowest BCUT2D eigenvalue weighted by molar-refractivity contribution is -0.137. The molecule has 132 valence electrons. The average Bonchev–Trinajstić information content (AvgIpc) is 3.12. The molecule has 5 heteroatoms. The Hall–Kier alpha value is -2.56. The van der Waals surface area contributed by atoms with Gasteiger partial charge in [-0.2, -0.15) is 0 Å². The van der Waals surface area contributed by atoms with Gasteiger partial charge in [-0.05, 0) is 56.4 Å². The average molecular weight is 341 g/mol. The molecule has 0 atom stereocenters. The number of ether oxygens (including phenoxy) is 2. The van der Waals surface area contributed by atoms with Gasteiger partial charge in [-0.3, -0.25) is 9.78 Å². The minimum absolute atomic E-state index is 0.110. The van der Waals surface area contributed by atoms with Crippen LogP contribution in [0.2, 0.25) is 0 Å². The molecule has 0 saturated heterocycles. The quantitative estimate of drug-likeness (QED) is 0.725. The number of carbonyl (C=O) groups is 1. The zero-order valence-corrected chi connectivity index (χ0v) is 14.2. The van der Waals surface area contributed by atoms with Crippen LogP contribution in [0.1, 0.15) is 38.5 Å². The molecule has 1 aromatic heterocycles. The van der Waals surface area contributed by atoms with Crippen molar-refractivity contribution >= 4 is 5.97 Å². The highest BCUT2D eigenvalue weighted by Gasteiger charge is 2.16. The molecule has 1 aliphatic carbocycles. The molecule has 0 bridgehead atoms. The number of carboxylic acid groups (broad SMARTS) is 1. The number of benzene rings is 1. The van der Waals surface area contributed by atoms with Gasteiger partial charge in [-0.25, -0.2) is 0 Å². The smallest absolute Gasteiger partial charge is 0.303 e. The van der Waals surface area contributed by atoms with Crippen LogP contribution in [0.5, 0.6) is 11.5 Å². The molecule has 1 aliphatic rings. The summed E-state index contributed by atoms with van der Waals surface area (Å²) >= 11 is 0. The molecule has 0 aliphatic heterocycles. The maximum absolute atomic E-state index is 10.5. The summed E-state index contributed by atoms with van der Waals surface area (Å²) < 4.78 is 11.6. The predicted molar refractivity (Wildman–Crippen MR) is 94.9 cm³/mol. The van der Waals surface area contributed by atoms with Crippen LogP contribution in [0, 0.1) is 0 Å². The monoisotopic (exact) mass is 341 g/mol. The topological polar surface area (TPSA) is 68.7 Å². The fraction of sp³-hybridized carbons (Fsp3) is 0.400. The van der Waals surface area contributed by atoms with Crippen LogP contribution in [-0.2, 0) is 4.79 Å². The van der Waals surface area contributed by atoms with Crippen molar-refractivity contribution in [3.8, 4) is 22.8 Å². The van der Waals surface area contributed by atoms with Crippen LogP contribution >= 0.6 is 0 Å². The molecule has 0 spiro atoms. The molecule has 1 aromatic carbocycles. The van der Waals surface area contributed by atoms with E-state index in [0.717, 1.165) is 29.8 Å². The fourth-order valence-electron chi connectivity index (χ4n) is 2.98. The lowest BCUT2D eigenvalue weighted by Crippen LogP contribution is -2.10. The van der Waals surface area contributed by atoms with Gasteiger partial charge in [-0.15, -0.1) is 0 Å². The molecule has 1 heterocycles. The number of hydrogen-bond acceptors (Lipinski definition) is 4. The molecule has 5 nitrogen and oxygen atoms in total. The highest BCUT2D eigenvalue weighted by Crippen LogP contribution is 2.27. The Morgan fingerprint density at radius 2 is 2.00 bits per heavy atom. The van der Waals surface area contributed by atoms with Crippen molar-refractivity contribution in [3.63, 3.8) is 0 Å². The molecule has 0 unspecified atom stereocenters. The first-order valence-electron chi connectivity index (χ1n) is 8.78. The highest BCUT2D eigenvalue weighted by atomic mass is 16.5. The van der Waals surface area contributed by atoms with E-state index in [1.54, 1.807) is 6.20 Å². The number of aliphatic carboxylic acids is 1. The number of rotatable bonds is 8. The van der Waals surface area contributed by atoms with Crippen molar-refractivity contribution in [2.75, 3.05) is 6.61 Å². The van der Waals surface area contributed by atoms with E-state index >= 15 is 0 Å². The lowest BCUT2D eigenvalue weighted by Gasteiger charge is -2.13. The van der Waals surface area contributed by atoms with Gasteiger partial charge in [0, 0.05) is 12.0 Å². The third-order valence-electron chi connectivity index (χ3n) is 4.27. The Morgan fingerprint density at radius 1 is 1.16 bits per heavy atom. The van der Waals surface area contributed by atoms with Gasteiger partial charge in [0.15, 0.2) is 0 Å². The van der Waals surface area contributed by atoms with Gasteiger partial charge in [-0.1, -0.05) is 12.1 Å². The van der Waals surface area contributed by atoms with Gasteiger partial charge in [0.2, 0.25) is 0 Å². The van der Waals surface area contributed by atoms with Crippen LogP contribution in [0.3, 0.4) is 0 Å². The molecule has 3 rings (SSSR count). The summed E-state index contributed by atoms with van der Waals surface area (Å²) in [6, 6.07) is 11.8. The molecular weight excluding hydrogens is 318 g/mol. The van der Waals surface area contributed by atoms with Gasteiger partial charge < -0.3 is 14.6 Å². The minimum atomic E-state index is -0.809. The van der Waals surface area contributed by atoms with E-state index in [1.165, 1.54) is 12.8 Å². The standard InChI is InChI=1S/C20H23NO4/c22-20(23)9-4-12-24-18-10-11-19(21-14-18)15-5-3-8-17(13-15)25-16-6-1-2-7-16/h3,5,8,10-11,13-14,16H,1-2,4,6-7,9,12H2,(H,22,23). The van der Waals surface area contributed by atoms with Gasteiger partial charge in [0.25, 0.3) is 0 Å². The second kappa shape index (κ2) is 8.51. The Morgan fingerprint density at radius 3 is 2.72 bits per heavy atom. The molecule has 0 amide bonds. The number of hydrogen-bond donors (Lipinski definition) is 1. The van der Waals surface area contributed by atoms with Crippen LogP contribution in [-0.4, -0.2) is 28.8 Å². The van der Waals surface area contributed by atoms with E-state index in [1.807, 2.05) is 36.4 Å². The number of aromatic nitrogens is 1. The van der Waals surface area contributed by atoms with Crippen molar-refractivity contribution in [2.45, 2.75) is 44.6 Å². The van der Waals surface area contributed by atoms with Crippen molar-refractivity contribution in [1.29, 1.82) is 0 Å². The first-order chi connectivity index (χ1) is 12.2. The van der Waals surface area contributed by atoms with Crippen molar-refractivity contribution < 1.29 is 19.4 Å². The summed E-state index contributed by atoms with van der Waals surface area (Å²) in [5, 5.41) is 8.61. The van der Waals surface area contributed by atoms with Crippen LogP contribution in [0.15, 0.2) is 42.6 Å². The molecule has 1 fully saturated rings. The summed E-state index contributed by atoms with van der Waals surface area (Å²) in [4.78, 5) is 14.9. The van der Waals surface area contributed by atoms with E-state index in [-0.39, 0.29) is 6.42 Å². The second-order valence-corrected chi connectivity index (χ2v) is 6.28. The van der Waals surface area contributed by atoms with Crippen LogP contribution in [0.4, 0.5) is 0 Å². The maximum Gasteiger partial charge on any atom is 0.303 e. The zero-order chi connectivity index (χ0) is 17.5. The maximum atomic E-state index is 10.5. The Kier molecular flexibility index (Phi) is 5.88. The lowest BCUT2D eigenvalue weighted by atomic mass is 10.1. The zero-order valence-electron chi connectivity index (χ0n) is 14.2. The van der Waals surface area contributed by atoms with E-state index in [0.29, 0.717) is 24.9 Å². The summed E-state index contributed by atoms with van der Waals surface area (Å²) in [5.74, 6) is 0.726.